The third-order valence-corrected chi connectivity index (χ3v) is 5.08. The Balaban J connectivity index is 1.50. The van der Waals surface area contributed by atoms with Crippen LogP contribution in [0.25, 0.3) is 0 Å². The molecule has 0 saturated carbocycles. The van der Waals surface area contributed by atoms with Crippen molar-refractivity contribution in [2.75, 3.05) is 31.4 Å². The number of nitrogens with zero attached hydrogens (tertiary/aromatic N) is 2. The molecule has 6 heteroatoms. The molecule has 2 heterocycles. The van der Waals surface area contributed by atoms with Gasteiger partial charge in [-0.2, -0.15) is 5.26 Å². The van der Waals surface area contributed by atoms with Gasteiger partial charge in [0.1, 0.15) is 17.5 Å². The summed E-state index contributed by atoms with van der Waals surface area (Å²) < 4.78 is 10.6. The molecule has 0 unspecified atom stereocenters. The van der Waals surface area contributed by atoms with Crippen LogP contribution in [0.4, 0.5) is 17.2 Å². The number of hydrogen-bond donors (Lipinski definition) is 2. The Morgan fingerprint density at radius 2 is 1.93 bits per heavy atom. The van der Waals surface area contributed by atoms with Crippen LogP contribution in [0.2, 0.25) is 0 Å². The first kappa shape index (κ1) is 18.6. The van der Waals surface area contributed by atoms with Crippen molar-refractivity contribution in [1.29, 1.82) is 5.26 Å². The molecule has 29 heavy (non-hydrogen) atoms. The maximum atomic E-state index is 9.76. The minimum atomic E-state index is 0.546. The fourth-order valence-corrected chi connectivity index (χ4v) is 3.57. The van der Waals surface area contributed by atoms with Gasteiger partial charge in [-0.25, -0.2) is 4.98 Å². The lowest BCUT2D eigenvalue weighted by Crippen LogP contribution is -2.13. The summed E-state index contributed by atoms with van der Waals surface area (Å²) in [7, 11) is 3.25. The standard InChI is InChI=1S/C23H22N4O2/c1-28-20-8-7-15(11-21(20)29-2)9-10-25-23-18(13-24)22-17(14-26-23)12-16-5-3-4-6-19(16)27-22/h3-8,11,14,27H,9-10,12H2,1-2H3,(H,25,26). The smallest absolute Gasteiger partial charge is 0.160 e. The number of nitrogens with one attached hydrogen (secondary N) is 2. The second kappa shape index (κ2) is 8.11. The predicted octanol–water partition coefficient (Wildman–Crippen LogP) is 4.27. The zero-order valence-corrected chi connectivity index (χ0v) is 16.5. The van der Waals surface area contributed by atoms with E-state index < -0.39 is 0 Å². The number of benzene rings is 2. The van der Waals surface area contributed by atoms with E-state index in [1.54, 1.807) is 14.2 Å². The van der Waals surface area contributed by atoms with Crippen molar-refractivity contribution in [3.05, 3.63) is 70.9 Å². The second-order valence-electron chi connectivity index (χ2n) is 6.82. The van der Waals surface area contributed by atoms with E-state index in [0.29, 0.717) is 29.4 Å². The molecule has 1 aromatic heterocycles. The Bertz CT molecular complexity index is 1090. The third kappa shape index (κ3) is 3.67. The molecule has 2 N–H and O–H groups in total. The van der Waals surface area contributed by atoms with Gasteiger partial charge in [0.2, 0.25) is 0 Å². The predicted molar refractivity (Wildman–Crippen MR) is 113 cm³/mol. The van der Waals surface area contributed by atoms with Gasteiger partial charge in [0, 0.05) is 24.8 Å². The van der Waals surface area contributed by atoms with Crippen molar-refractivity contribution in [3.63, 3.8) is 0 Å². The van der Waals surface area contributed by atoms with Crippen molar-refractivity contribution in [2.45, 2.75) is 12.8 Å². The van der Waals surface area contributed by atoms with Gasteiger partial charge in [-0.15, -0.1) is 0 Å². The number of pyridine rings is 1. The molecule has 0 spiro atoms. The highest BCUT2D eigenvalue weighted by Gasteiger charge is 2.20. The minimum Gasteiger partial charge on any atom is -0.493 e. The average Bonchev–Trinajstić information content (AvgIpc) is 2.77. The molecule has 0 radical (unpaired) electrons. The number of ether oxygens (including phenoxy) is 2. The fraction of sp³-hybridized carbons (Fsp3) is 0.217. The number of anilines is 3. The highest BCUT2D eigenvalue weighted by Crippen LogP contribution is 2.36. The lowest BCUT2D eigenvalue weighted by Gasteiger charge is -2.23. The second-order valence-corrected chi connectivity index (χ2v) is 6.82. The van der Waals surface area contributed by atoms with E-state index in [4.69, 9.17) is 9.47 Å². The summed E-state index contributed by atoms with van der Waals surface area (Å²) in [6.07, 6.45) is 3.38. The molecule has 0 bridgehead atoms. The minimum absolute atomic E-state index is 0.546. The Morgan fingerprint density at radius 3 is 2.72 bits per heavy atom. The molecule has 6 nitrogen and oxygen atoms in total. The van der Waals surface area contributed by atoms with Crippen molar-refractivity contribution >= 4 is 17.2 Å². The molecular weight excluding hydrogens is 364 g/mol. The summed E-state index contributed by atoms with van der Waals surface area (Å²) in [4.78, 5) is 4.51. The first-order chi connectivity index (χ1) is 14.2. The molecule has 1 aliphatic rings. The molecular formula is C23H22N4O2. The highest BCUT2D eigenvalue weighted by molar-refractivity contribution is 5.80. The van der Waals surface area contributed by atoms with E-state index in [1.165, 1.54) is 5.56 Å². The fourth-order valence-electron chi connectivity index (χ4n) is 3.57. The SMILES string of the molecule is COc1ccc(CCNc2ncc3c(c2C#N)Nc2ccccc2C3)cc1OC. The van der Waals surface area contributed by atoms with Crippen molar-refractivity contribution in [1.82, 2.24) is 4.98 Å². The normalized spacial score (nSPS) is 11.5. The molecule has 146 valence electrons. The van der Waals surface area contributed by atoms with Crippen LogP contribution in [0.3, 0.4) is 0 Å². The Kier molecular flexibility index (Phi) is 5.21. The van der Waals surface area contributed by atoms with Gasteiger partial charge in [0.25, 0.3) is 0 Å². The monoisotopic (exact) mass is 386 g/mol. The lowest BCUT2D eigenvalue weighted by molar-refractivity contribution is 0.354. The first-order valence-electron chi connectivity index (χ1n) is 9.45. The van der Waals surface area contributed by atoms with Crippen LogP contribution in [0.15, 0.2) is 48.7 Å². The summed E-state index contributed by atoms with van der Waals surface area (Å²) in [5, 5.41) is 16.5. The quantitative estimate of drug-likeness (QED) is 0.515. The lowest BCUT2D eigenvalue weighted by atomic mass is 9.96. The van der Waals surface area contributed by atoms with E-state index in [2.05, 4.69) is 27.8 Å². The Morgan fingerprint density at radius 1 is 1.10 bits per heavy atom. The molecule has 4 rings (SSSR count). The van der Waals surface area contributed by atoms with E-state index >= 15 is 0 Å². The molecule has 3 aromatic rings. The molecule has 0 saturated heterocycles. The number of hydrogen-bond acceptors (Lipinski definition) is 6. The van der Waals surface area contributed by atoms with Gasteiger partial charge in [0.05, 0.1) is 19.9 Å². The number of rotatable bonds is 6. The molecule has 2 aromatic carbocycles. The Labute approximate surface area is 170 Å². The summed E-state index contributed by atoms with van der Waals surface area (Å²) in [6, 6.07) is 16.3. The van der Waals surface area contributed by atoms with E-state index in [9.17, 15) is 5.26 Å². The van der Waals surface area contributed by atoms with Crippen LogP contribution in [-0.2, 0) is 12.8 Å². The van der Waals surface area contributed by atoms with Crippen LogP contribution < -0.4 is 20.1 Å². The van der Waals surface area contributed by atoms with Crippen molar-refractivity contribution in [2.24, 2.45) is 0 Å². The van der Waals surface area contributed by atoms with Crippen molar-refractivity contribution < 1.29 is 9.47 Å². The zero-order chi connectivity index (χ0) is 20.2. The van der Waals surface area contributed by atoms with Crippen molar-refractivity contribution in [3.8, 4) is 17.6 Å². The number of fused-ring (bicyclic) bond motifs is 2. The molecule has 0 fully saturated rings. The number of nitriles is 1. The molecule has 0 amide bonds. The molecule has 0 atom stereocenters. The average molecular weight is 386 g/mol. The maximum Gasteiger partial charge on any atom is 0.160 e. The van der Waals surface area contributed by atoms with Gasteiger partial charge in [-0.1, -0.05) is 24.3 Å². The van der Waals surface area contributed by atoms with Gasteiger partial charge >= 0.3 is 0 Å². The maximum absolute atomic E-state index is 9.76. The van der Waals surface area contributed by atoms with Crippen LogP contribution in [-0.4, -0.2) is 25.7 Å². The third-order valence-electron chi connectivity index (χ3n) is 5.08. The molecule has 0 aliphatic carbocycles. The largest absolute Gasteiger partial charge is 0.493 e. The van der Waals surface area contributed by atoms with Crippen LogP contribution >= 0.6 is 0 Å². The highest BCUT2D eigenvalue weighted by atomic mass is 16.5. The number of methoxy groups -OCH3 is 2. The summed E-state index contributed by atoms with van der Waals surface area (Å²) in [6.45, 7) is 0.645. The number of aromatic nitrogens is 1. The van der Waals surface area contributed by atoms with E-state index in [1.807, 2.05) is 42.6 Å². The van der Waals surface area contributed by atoms with Gasteiger partial charge in [0.15, 0.2) is 11.5 Å². The number of para-hydroxylation sites is 1. The summed E-state index contributed by atoms with van der Waals surface area (Å²) in [5.74, 6) is 2.01. The van der Waals surface area contributed by atoms with E-state index in [-0.39, 0.29) is 0 Å². The van der Waals surface area contributed by atoms with Crippen LogP contribution in [0.1, 0.15) is 22.3 Å². The Hall–Kier alpha value is -3.72. The molecule has 1 aliphatic heterocycles. The first-order valence-corrected chi connectivity index (χ1v) is 9.45. The summed E-state index contributed by atoms with van der Waals surface area (Å²) in [5.41, 5.74) is 5.78. The van der Waals surface area contributed by atoms with Gasteiger partial charge in [-0.05, 0) is 41.3 Å². The van der Waals surface area contributed by atoms with Gasteiger partial charge in [-0.3, -0.25) is 0 Å². The van der Waals surface area contributed by atoms with E-state index in [0.717, 1.165) is 35.3 Å². The van der Waals surface area contributed by atoms with Gasteiger partial charge < -0.3 is 20.1 Å². The summed E-state index contributed by atoms with van der Waals surface area (Å²) >= 11 is 0. The zero-order valence-electron chi connectivity index (χ0n) is 16.5. The van der Waals surface area contributed by atoms with Crippen LogP contribution in [0.5, 0.6) is 11.5 Å². The van der Waals surface area contributed by atoms with Crippen LogP contribution in [0, 0.1) is 11.3 Å². The topological polar surface area (TPSA) is 79.2 Å².